The second-order valence-electron chi connectivity index (χ2n) is 4.57. The molecular formula is C13H21N3O. The van der Waals surface area contributed by atoms with E-state index in [0.29, 0.717) is 6.04 Å². The van der Waals surface area contributed by atoms with Crippen LogP contribution in [-0.2, 0) is 6.61 Å². The van der Waals surface area contributed by atoms with Crippen LogP contribution < -0.4 is 4.90 Å². The Hall–Kier alpha value is -1.13. The summed E-state index contributed by atoms with van der Waals surface area (Å²) in [6, 6.07) is 6.40. The highest BCUT2D eigenvalue weighted by molar-refractivity contribution is 5.40. The molecular weight excluding hydrogens is 214 g/mol. The minimum absolute atomic E-state index is 0.0122. The fraction of sp³-hybridized carbons (Fsp3) is 0.615. The molecule has 1 aromatic heterocycles. The van der Waals surface area contributed by atoms with Crippen LogP contribution in [0.1, 0.15) is 19.5 Å². The van der Waals surface area contributed by atoms with Gasteiger partial charge in [-0.2, -0.15) is 0 Å². The normalized spacial score (nSPS) is 21.8. The minimum atomic E-state index is 0.0122. The Bertz CT molecular complexity index is 369. The molecule has 1 aliphatic heterocycles. The zero-order valence-electron chi connectivity index (χ0n) is 10.6. The average Bonchev–Trinajstić information content (AvgIpc) is 2.38. The van der Waals surface area contributed by atoms with Crippen molar-refractivity contribution < 1.29 is 5.11 Å². The van der Waals surface area contributed by atoms with Crippen molar-refractivity contribution in [3.63, 3.8) is 0 Å². The van der Waals surface area contributed by atoms with Crippen molar-refractivity contribution >= 4 is 5.82 Å². The monoisotopic (exact) mass is 235 g/mol. The molecule has 1 aromatic rings. The van der Waals surface area contributed by atoms with E-state index in [1.807, 2.05) is 18.2 Å². The first kappa shape index (κ1) is 12.3. The van der Waals surface area contributed by atoms with Crippen LogP contribution in [0.4, 0.5) is 5.82 Å². The van der Waals surface area contributed by atoms with Gasteiger partial charge in [-0.05, 0) is 25.6 Å². The zero-order valence-corrected chi connectivity index (χ0v) is 10.6. The molecule has 0 aliphatic carbocycles. The summed E-state index contributed by atoms with van der Waals surface area (Å²) in [7, 11) is 0. The molecule has 2 rings (SSSR count). The highest BCUT2D eigenvalue weighted by Crippen LogP contribution is 2.17. The Morgan fingerprint density at radius 2 is 2.24 bits per heavy atom. The van der Waals surface area contributed by atoms with Crippen LogP contribution in [0.2, 0.25) is 0 Å². The van der Waals surface area contributed by atoms with Crippen LogP contribution in [0.25, 0.3) is 0 Å². The van der Waals surface area contributed by atoms with Gasteiger partial charge >= 0.3 is 0 Å². The second-order valence-corrected chi connectivity index (χ2v) is 4.57. The SMILES string of the molecule is CCN1CCN(c2cccc(CO)n2)CC1C. The predicted molar refractivity (Wildman–Crippen MR) is 69.1 cm³/mol. The van der Waals surface area contributed by atoms with E-state index in [-0.39, 0.29) is 6.61 Å². The smallest absolute Gasteiger partial charge is 0.129 e. The van der Waals surface area contributed by atoms with Gasteiger partial charge in [0, 0.05) is 25.7 Å². The first-order chi connectivity index (χ1) is 8.24. The number of likely N-dealkylation sites (N-methyl/N-ethyl adjacent to an activating group) is 1. The number of rotatable bonds is 3. The van der Waals surface area contributed by atoms with Gasteiger partial charge in [0.25, 0.3) is 0 Å². The van der Waals surface area contributed by atoms with Crippen molar-refractivity contribution in [2.24, 2.45) is 0 Å². The molecule has 1 atom stereocenters. The molecule has 0 radical (unpaired) electrons. The van der Waals surface area contributed by atoms with Gasteiger partial charge in [-0.15, -0.1) is 0 Å². The molecule has 94 valence electrons. The fourth-order valence-corrected chi connectivity index (χ4v) is 2.40. The van der Waals surface area contributed by atoms with E-state index >= 15 is 0 Å². The third-order valence-corrected chi connectivity index (χ3v) is 3.45. The summed E-state index contributed by atoms with van der Waals surface area (Å²) in [5, 5.41) is 9.10. The maximum Gasteiger partial charge on any atom is 0.129 e. The van der Waals surface area contributed by atoms with Gasteiger partial charge in [0.15, 0.2) is 0 Å². The average molecular weight is 235 g/mol. The quantitative estimate of drug-likeness (QED) is 0.852. The van der Waals surface area contributed by atoms with Crippen molar-refractivity contribution in [2.45, 2.75) is 26.5 Å². The molecule has 1 saturated heterocycles. The first-order valence-electron chi connectivity index (χ1n) is 6.30. The number of aliphatic hydroxyl groups is 1. The molecule has 17 heavy (non-hydrogen) atoms. The topological polar surface area (TPSA) is 39.6 Å². The molecule has 1 fully saturated rings. The van der Waals surface area contributed by atoms with Gasteiger partial charge in [0.05, 0.1) is 12.3 Å². The van der Waals surface area contributed by atoms with Crippen molar-refractivity contribution in [1.82, 2.24) is 9.88 Å². The Labute approximate surface area is 103 Å². The van der Waals surface area contributed by atoms with Crippen LogP contribution in [-0.4, -0.2) is 47.2 Å². The van der Waals surface area contributed by atoms with Gasteiger partial charge in [-0.1, -0.05) is 13.0 Å². The van der Waals surface area contributed by atoms with Crippen molar-refractivity contribution in [3.05, 3.63) is 23.9 Å². The minimum Gasteiger partial charge on any atom is -0.390 e. The molecule has 0 saturated carbocycles. The van der Waals surface area contributed by atoms with Crippen LogP contribution >= 0.6 is 0 Å². The molecule has 1 unspecified atom stereocenters. The Kier molecular flexibility index (Phi) is 3.97. The lowest BCUT2D eigenvalue weighted by atomic mass is 10.2. The van der Waals surface area contributed by atoms with E-state index in [2.05, 4.69) is 28.6 Å². The Balaban J connectivity index is 2.08. The van der Waals surface area contributed by atoms with Gasteiger partial charge in [-0.3, -0.25) is 4.90 Å². The lowest BCUT2D eigenvalue weighted by Crippen LogP contribution is -2.52. The van der Waals surface area contributed by atoms with Crippen LogP contribution in [0.3, 0.4) is 0 Å². The van der Waals surface area contributed by atoms with E-state index in [0.717, 1.165) is 37.7 Å². The zero-order chi connectivity index (χ0) is 12.3. The largest absolute Gasteiger partial charge is 0.390 e. The van der Waals surface area contributed by atoms with Gasteiger partial charge in [0.1, 0.15) is 5.82 Å². The maximum absolute atomic E-state index is 9.10. The summed E-state index contributed by atoms with van der Waals surface area (Å²) in [4.78, 5) is 9.24. The number of hydrogen-bond acceptors (Lipinski definition) is 4. The molecule has 4 heteroatoms. The van der Waals surface area contributed by atoms with Crippen molar-refractivity contribution in [1.29, 1.82) is 0 Å². The third-order valence-electron chi connectivity index (χ3n) is 3.45. The number of pyridine rings is 1. The van der Waals surface area contributed by atoms with Crippen molar-refractivity contribution in [3.8, 4) is 0 Å². The number of anilines is 1. The van der Waals surface area contributed by atoms with Crippen LogP contribution in [0.15, 0.2) is 18.2 Å². The summed E-state index contributed by atoms with van der Waals surface area (Å²) in [6.07, 6.45) is 0. The van der Waals surface area contributed by atoms with Gasteiger partial charge in [0.2, 0.25) is 0 Å². The summed E-state index contributed by atoms with van der Waals surface area (Å²) in [6.45, 7) is 8.69. The number of piperazine rings is 1. The summed E-state index contributed by atoms with van der Waals surface area (Å²) in [5.41, 5.74) is 0.744. The van der Waals surface area contributed by atoms with E-state index < -0.39 is 0 Å². The standard InChI is InChI=1S/C13H21N3O/c1-3-15-7-8-16(9-11(15)2)13-6-4-5-12(10-17)14-13/h4-6,11,17H,3,7-10H2,1-2H3. The molecule has 0 spiro atoms. The molecule has 1 N–H and O–H groups in total. The summed E-state index contributed by atoms with van der Waals surface area (Å²) < 4.78 is 0. The van der Waals surface area contributed by atoms with Gasteiger partial charge in [-0.25, -0.2) is 4.98 Å². The number of aromatic nitrogens is 1. The Morgan fingerprint density at radius 1 is 1.41 bits per heavy atom. The third kappa shape index (κ3) is 2.76. The lowest BCUT2D eigenvalue weighted by Gasteiger charge is -2.40. The van der Waals surface area contributed by atoms with E-state index in [9.17, 15) is 0 Å². The second kappa shape index (κ2) is 5.47. The molecule has 1 aliphatic rings. The lowest BCUT2D eigenvalue weighted by molar-refractivity contribution is 0.199. The van der Waals surface area contributed by atoms with Gasteiger partial charge < -0.3 is 10.0 Å². The number of aliphatic hydroxyl groups excluding tert-OH is 1. The van der Waals surface area contributed by atoms with Crippen molar-refractivity contribution in [2.75, 3.05) is 31.1 Å². The van der Waals surface area contributed by atoms with E-state index in [4.69, 9.17) is 5.11 Å². The maximum atomic E-state index is 9.10. The van der Waals surface area contributed by atoms with Crippen LogP contribution in [0, 0.1) is 0 Å². The highest BCUT2D eigenvalue weighted by atomic mass is 16.3. The van der Waals surface area contributed by atoms with Crippen LogP contribution in [0.5, 0.6) is 0 Å². The highest BCUT2D eigenvalue weighted by Gasteiger charge is 2.22. The Morgan fingerprint density at radius 3 is 2.88 bits per heavy atom. The predicted octanol–water partition coefficient (Wildman–Crippen LogP) is 1.10. The molecule has 4 nitrogen and oxygen atoms in total. The summed E-state index contributed by atoms with van der Waals surface area (Å²) >= 11 is 0. The van der Waals surface area contributed by atoms with E-state index in [1.54, 1.807) is 0 Å². The molecule has 0 bridgehead atoms. The number of hydrogen-bond donors (Lipinski definition) is 1. The fourth-order valence-electron chi connectivity index (χ4n) is 2.40. The summed E-state index contributed by atoms with van der Waals surface area (Å²) in [5.74, 6) is 0.985. The molecule has 2 heterocycles. The van der Waals surface area contributed by atoms with E-state index in [1.165, 1.54) is 0 Å². The number of nitrogens with zero attached hydrogens (tertiary/aromatic N) is 3. The first-order valence-corrected chi connectivity index (χ1v) is 6.30. The molecule has 0 aromatic carbocycles. The molecule has 0 amide bonds.